The summed E-state index contributed by atoms with van der Waals surface area (Å²) in [6.45, 7) is 4.27. The Hall–Kier alpha value is -2.59. The van der Waals surface area contributed by atoms with E-state index in [0.29, 0.717) is 0 Å². The minimum atomic E-state index is -0.170. The number of aromatic nitrogens is 3. The fourth-order valence-electron chi connectivity index (χ4n) is 3.34. The van der Waals surface area contributed by atoms with Crippen LogP contribution >= 0.6 is 11.6 Å². The van der Waals surface area contributed by atoms with Crippen molar-refractivity contribution >= 4 is 22.4 Å². The van der Waals surface area contributed by atoms with Gasteiger partial charge < -0.3 is 4.74 Å². The largest absolute Gasteiger partial charge is 0.483 e. The van der Waals surface area contributed by atoms with Crippen LogP contribution in [0, 0.1) is 5.92 Å². The smallest absolute Gasteiger partial charge is 0.146 e. The van der Waals surface area contributed by atoms with E-state index >= 15 is 0 Å². The molecule has 1 aromatic heterocycles. The lowest BCUT2D eigenvalue weighted by Gasteiger charge is -2.21. The first-order valence-corrected chi connectivity index (χ1v) is 9.59. The Morgan fingerprint density at radius 1 is 1.15 bits per heavy atom. The van der Waals surface area contributed by atoms with E-state index < -0.39 is 0 Å². The van der Waals surface area contributed by atoms with E-state index in [0.717, 1.165) is 33.7 Å². The molecule has 1 heterocycles. The first kappa shape index (κ1) is 17.8. The molecule has 138 valence electrons. The summed E-state index contributed by atoms with van der Waals surface area (Å²) in [5, 5.41) is 11.8. The molecule has 0 fully saturated rings. The predicted molar refractivity (Wildman–Crippen MR) is 109 cm³/mol. The van der Waals surface area contributed by atoms with Crippen LogP contribution in [0.4, 0.5) is 0 Å². The van der Waals surface area contributed by atoms with Crippen LogP contribution in [0.15, 0.2) is 71.9 Å². The number of allylic oxidation sites excluding steroid dienone is 4. The topological polar surface area (TPSA) is 39.9 Å². The zero-order valence-corrected chi connectivity index (χ0v) is 16.2. The second kappa shape index (κ2) is 7.57. The van der Waals surface area contributed by atoms with Gasteiger partial charge in [0.25, 0.3) is 0 Å². The highest BCUT2D eigenvalue weighted by Crippen LogP contribution is 2.33. The number of fused-ring (bicyclic) bond motifs is 1. The molecular weight excluding hydrogens is 358 g/mol. The Balaban J connectivity index is 1.61. The molecule has 2 aromatic carbocycles. The van der Waals surface area contributed by atoms with Gasteiger partial charge in [0, 0.05) is 10.4 Å². The molecule has 0 aliphatic heterocycles. The van der Waals surface area contributed by atoms with Gasteiger partial charge in [-0.25, -0.2) is 4.68 Å². The molecule has 0 spiro atoms. The normalized spacial score (nSPS) is 17.9. The summed E-state index contributed by atoms with van der Waals surface area (Å²) < 4.78 is 8.31. The van der Waals surface area contributed by atoms with Crippen LogP contribution in [-0.2, 0) is 0 Å². The van der Waals surface area contributed by atoms with Gasteiger partial charge in [0.15, 0.2) is 0 Å². The molecule has 4 rings (SSSR count). The van der Waals surface area contributed by atoms with Crippen molar-refractivity contribution in [1.82, 2.24) is 15.0 Å². The van der Waals surface area contributed by atoms with Gasteiger partial charge in [0.1, 0.15) is 17.5 Å². The molecule has 0 saturated carbocycles. The van der Waals surface area contributed by atoms with Crippen molar-refractivity contribution < 1.29 is 4.74 Å². The van der Waals surface area contributed by atoms with Gasteiger partial charge >= 0.3 is 0 Å². The molecular formula is C22H22ClN3O. The minimum absolute atomic E-state index is 0.138. The van der Waals surface area contributed by atoms with Gasteiger partial charge in [-0.05, 0) is 29.9 Å². The Kier molecular flexibility index (Phi) is 4.99. The molecule has 27 heavy (non-hydrogen) atoms. The van der Waals surface area contributed by atoms with Crippen LogP contribution in [0.5, 0.6) is 5.75 Å². The lowest BCUT2D eigenvalue weighted by Crippen LogP contribution is -2.15. The zero-order chi connectivity index (χ0) is 18.8. The molecule has 3 aromatic rings. The molecule has 0 N–H and O–H groups in total. The maximum atomic E-state index is 6.43. The van der Waals surface area contributed by atoms with Crippen molar-refractivity contribution in [2.45, 2.75) is 32.4 Å². The van der Waals surface area contributed by atoms with Crippen LogP contribution in [0.2, 0.25) is 0 Å². The van der Waals surface area contributed by atoms with Crippen LogP contribution in [0.1, 0.15) is 38.1 Å². The van der Waals surface area contributed by atoms with E-state index in [1.165, 1.54) is 0 Å². The monoisotopic (exact) mass is 379 g/mol. The average molecular weight is 380 g/mol. The third kappa shape index (κ3) is 3.76. The fourth-order valence-corrected chi connectivity index (χ4v) is 3.50. The lowest BCUT2D eigenvalue weighted by molar-refractivity contribution is 0.151. The van der Waals surface area contributed by atoms with Gasteiger partial charge in [-0.3, -0.25) is 0 Å². The number of halogens is 1. The van der Waals surface area contributed by atoms with E-state index in [2.05, 4.69) is 48.4 Å². The van der Waals surface area contributed by atoms with E-state index in [1.54, 1.807) is 0 Å². The summed E-state index contributed by atoms with van der Waals surface area (Å²) in [5.74, 6) is 1.12. The maximum absolute atomic E-state index is 6.43. The van der Waals surface area contributed by atoms with Crippen LogP contribution < -0.4 is 4.74 Å². The molecule has 0 saturated heterocycles. The first-order chi connectivity index (χ1) is 13.1. The van der Waals surface area contributed by atoms with Crippen molar-refractivity contribution in [3.8, 4) is 5.75 Å². The van der Waals surface area contributed by atoms with Crippen molar-refractivity contribution in [2.75, 3.05) is 0 Å². The molecule has 0 radical (unpaired) electrons. The number of nitrogens with zero attached hydrogens (tertiary/aromatic N) is 3. The molecule has 0 amide bonds. The van der Waals surface area contributed by atoms with E-state index in [4.69, 9.17) is 16.3 Å². The maximum Gasteiger partial charge on any atom is 0.146 e. The van der Waals surface area contributed by atoms with Crippen LogP contribution in [0.25, 0.3) is 10.8 Å². The molecule has 2 atom stereocenters. The van der Waals surface area contributed by atoms with Gasteiger partial charge in [0.05, 0.1) is 12.2 Å². The third-order valence-corrected chi connectivity index (χ3v) is 5.08. The van der Waals surface area contributed by atoms with Gasteiger partial charge in [-0.15, -0.1) is 5.10 Å². The Morgan fingerprint density at radius 2 is 1.96 bits per heavy atom. The fraction of sp³-hybridized carbons (Fsp3) is 0.273. The van der Waals surface area contributed by atoms with E-state index in [1.807, 2.05) is 47.3 Å². The molecule has 0 bridgehead atoms. The SMILES string of the molecule is CC(C)C(Oc1cccc2ccccc12)c1cn(C2C=CC(Cl)=CC2)nn1. The highest BCUT2D eigenvalue weighted by molar-refractivity contribution is 6.31. The summed E-state index contributed by atoms with van der Waals surface area (Å²) in [6.07, 6.45) is 8.59. The van der Waals surface area contributed by atoms with Crippen molar-refractivity contribution in [1.29, 1.82) is 0 Å². The van der Waals surface area contributed by atoms with E-state index in [-0.39, 0.29) is 18.1 Å². The van der Waals surface area contributed by atoms with Gasteiger partial charge in [0.2, 0.25) is 0 Å². The Labute approximate surface area is 164 Å². The van der Waals surface area contributed by atoms with Crippen molar-refractivity contribution in [3.63, 3.8) is 0 Å². The zero-order valence-electron chi connectivity index (χ0n) is 15.4. The van der Waals surface area contributed by atoms with Crippen LogP contribution in [0.3, 0.4) is 0 Å². The van der Waals surface area contributed by atoms with Gasteiger partial charge in [-0.2, -0.15) is 0 Å². The number of ether oxygens (including phenoxy) is 1. The summed E-state index contributed by atoms with van der Waals surface area (Å²) >= 11 is 6.01. The van der Waals surface area contributed by atoms with Crippen LogP contribution in [-0.4, -0.2) is 15.0 Å². The number of hydrogen-bond donors (Lipinski definition) is 0. The standard InChI is InChI=1S/C22H22ClN3O/c1-15(2)22(27-21-9-5-7-16-6-3-4-8-19(16)21)20-14-26(25-24-20)18-12-10-17(23)11-13-18/h3-12,14-15,18,22H,13H2,1-2H3. The summed E-state index contributed by atoms with van der Waals surface area (Å²) in [5.41, 5.74) is 0.840. The lowest BCUT2D eigenvalue weighted by atomic mass is 10.0. The third-order valence-electron chi connectivity index (χ3n) is 4.80. The summed E-state index contributed by atoms with van der Waals surface area (Å²) in [6, 6.07) is 14.5. The Bertz CT molecular complexity index is 1000. The molecule has 5 heteroatoms. The first-order valence-electron chi connectivity index (χ1n) is 9.22. The highest BCUT2D eigenvalue weighted by Gasteiger charge is 2.23. The molecule has 1 aliphatic carbocycles. The number of hydrogen-bond acceptors (Lipinski definition) is 3. The molecule has 4 nitrogen and oxygen atoms in total. The van der Waals surface area contributed by atoms with Crippen molar-refractivity contribution in [3.05, 3.63) is 77.6 Å². The number of benzene rings is 2. The minimum Gasteiger partial charge on any atom is -0.483 e. The number of rotatable bonds is 5. The quantitative estimate of drug-likeness (QED) is 0.559. The molecule has 2 unspecified atom stereocenters. The second-order valence-electron chi connectivity index (χ2n) is 7.13. The van der Waals surface area contributed by atoms with E-state index in [9.17, 15) is 0 Å². The highest BCUT2D eigenvalue weighted by atomic mass is 35.5. The van der Waals surface area contributed by atoms with Gasteiger partial charge in [-0.1, -0.05) is 79.2 Å². The molecule has 1 aliphatic rings. The summed E-state index contributed by atoms with van der Waals surface area (Å²) in [7, 11) is 0. The van der Waals surface area contributed by atoms with Crippen molar-refractivity contribution in [2.24, 2.45) is 5.92 Å². The second-order valence-corrected chi connectivity index (χ2v) is 7.57. The summed E-state index contributed by atoms with van der Waals surface area (Å²) in [4.78, 5) is 0. The Morgan fingerprint density at radius 3 is 2.74 bits per heavy atom. The predicted octanol–water partition coefficient (Wildman–Crippen LogP) is 5.83. The average Bonchev–Trinajstić information content (AvgIpc) is 3.16.